The standard InChI is InChI=1S/2C7H7F.2C3H8/c1-6-2-4-7(8)5-3-6;1-6-3-2-4-7(8)5-6;2*1-3-2/h2*2-5H,1H3;2*3H2,1-2H3. The molecule has 124 valence electrons. The highest BCUT2D eigenvalue weighted by Gasteiger charge is 1.85. The average Bonchev–Trinajstić information content (AvgIpc) is 2.44. The van der Waals surface area contributed by atoms with E-state index in [9.17, 15) is 8.78 Å². The molecule has 0 fully saturated rings. The number of hydrogen-bond donors (Lipinski definition) is 0. The fraction of sp³-hybridized carbons (Fsp3) is 0.400. The van der Waals surface area contributed by atoms with Gasteiger partial charge in [-0.15, -0.1) is 0 Å². The zero-order chi connectivity index (χ0) is 17.4. The van der Waals surface area contributed by atoms with Gasteiger partial charge in [-0.25, -0.2) is 8.78 Å². The highest BCUT2D eigenvalue weighted by atomic mass is 19.1. The van der Waals surface area contributed by atoms with Crippen LogP contribution in [0, 0.1) is 25.5 Å². The van der Waals surface area contributed by atoms with Gasteiger partial charge in [0.15, 0.2) is 0 Å². The molecule has 0 aliphatic carbocycles. The summed E-state index contributed by atoms with van der Waals surface area (Å²) in [6.07, 6.45) is 2.50. The molecule has 2 aromatic carbocycles. The molecule has 0 atom stereocenters. The summed E-state index contributed by atoms with van der Waals surface area (Å²) in [5.74, 6) is -0.333. The summed E-state index contributed by atoms with van der Waals surface area (Å²) in [7, 11) is 0. The second kappa shape index (κ2) is 15.7. The van der Waals surface area contributed by atoms with E-state index in [4.69, 9.17) is 0 Å². The monoisotopic (exact) mass is 308 g/mol. The molecule has 0 spiro atoms. The summed E-state index contributed by atoms with van der Waals surface area (Å²) in [5, 5.41) is 0. The topological polar surface area (TPSA) is 0 Å². The summed E-state index contributed by atoms with van der Waals surface area (Å²) < 4.78 is 24.3. The van der Waals surface area contributed by atoms with Crippen LogP contribution in [-0.4, -0.2) is 0 Å². The third-order valence-electron chi connectivity index (χ3n) is 1.99. The van der Waals surface area contributed by atoms with Crippen molar-refractivity contribution in [3.8, 4) is 0 Å². The minimum atomic E-state index is -0.171. The van der Waals surface area contributed by atoms with Gasteiger partial charge in [0, 0.05) is 0 Å². The molecule has 0 heterocycles. The lowest BCUT2D eigenvalue weighted by molar-refractivity contribution is 0.626. The van der Waals surface area contributed by atoms with Gasteiger partial charge in [0.2, 0.25) is 0 Å². The van der Waals surface area contributed by atoms with Crippen molar-refractivity contribution < 1.29 is 8.78 Å². The number of aryl methyl sites for hydroxylation is 2. The molecule has 22 heavy (non-hydrogen) atoms. The van der Waals surface area contributed by atoms with Crippen LogP contribution < -0.4 is 0 Å². The molecule has 0 aliphatic rings. The SMILES string of the molecule is CCC.CCC.Cc1ccc(F)cc1.Cc1cccc(F)c1. The summed E-state index contributed by atoms with van der Waals surface area (Å²) >= 11 is 0. The predicted molar refractivity (Wildman–Crippen MR) is 94.2 cm³/mol. The highest BCUT2D eigenvalue weighted by Crippen LogP contribution is 2.00. The first-order valence-corrected chi connectivity index (χ1v) is 7.85. The zero-order valence-electron chi connectivity index (χ0n) is 14.8. The van der Waals surface area contributed by atoms with E-state index in [0.717, 1.165) is 11.1 Å². The first kappa shape index (κ1) is 22.6. The van der Waals surface area contributed by atoms with Crippen molar-refractivity contribution in [3.63, 3.8) is 0 Å². The normalized spacial score (nSPS) is 8.36. The molecule has 0 nitrogen and oxygen atoms in total. The van der Waals surface area contributed by atoms with E-state index in [1.165, 1.54) is 37.1 Å². The van der Waals surface area contributed by atoms with E-state index in [1.54, 1.807) is 18.2 Å². The molecule has 0 amide bonds. The predicted octanol–water partition coefficient (Wildman–Crippen LogP) is 7.10. The molecule has 2 heteroatoms. The largest absolute Gasteiger partial charge is 0.207 e. The minimum Gasteiger partial charge on any atom is -0.207 e. The van der Waals surface area contributed by atoms with E-state index in [-0.39, 0.29) is 11.6 Å². The maximum absolute atomic E-state index is 12.2. The van der Waals surface area contributed by atoms with Crippen molar-refractivity contribution in [2.24, 2.45) is 0 Å². The Morgan fingerprint density at radius 1 is 0.636 bits per heavy atom. The highest BCUT2D eigenvalue weighted by molar-refractivity contribution is 5.14. The van der Waals surface area contributed by atoms with Crippen LogP contribution in [0.15, 0.2) is 48.5 Å². The number of halogens is 2. The Morgan fingerprint density at radius 3 is 1.36 bits per heavy atom. The molecule has 0 bridgehead atoms. The van der Waals surface area contributed by atoms with Gasteiger partial charge < -0.3 is 0 Å². The number of rotatable bonds is 0. The summed E-state index contributed by atoms with van der Waals surface area (Å²) in [5.41, 5.74) is 2.05. The van der Waals surface area contributed by atoms with Crippen LogP contribution in [-0.2, 0) is 0 Å². The van der Waals surface area contributed by atoms with Crippen LogP contribution in [0.25, 0.3) is 0 Å². The van der Waals surface area contributed by atoms with Crippen molar-refractivity contribution in [1.82, 2.24) is 0 Å². The van der Waals surface area contributed by atoms with Gasteiger partial charge in [0.25, 0.3) is 0 Å². The Morgan fingerprint density at radius 2 is 1.09 bits per heavy atom. The van der Waals surface area contributed by atoms with Crippen LogP contribution in [0.4, 0.5) is 8.78 Å². The maximum Gasteiger partial charge on any atom is 0.123 e. The van der Waals surface area contributed by atoms with Crippen molar-refractivity contribution in [3.05, 3.63) is 71.3 Å². The van der Waals surface area contributed by atoms with Crippen molar-refractivity contribution in [2.75, 3.05) is 0 Å². The second-order valence-electron chi connectivity index (χ2n) is 5.01. The average molecular weight is 308 g/mol. The molecule has 0 aliphatic heterocycles. The van der Waals surface area contributed by atoms with Crippen LogP contribution in [0.5, 0.6) is 0 Å². The first-order chi connectivity index (χ1) is 10.4. The third-order valence-corrected chi connectivity index (χ3v) is 1.99. The van der Waals surface area contributed by atoms with Gasteiger partial charge in [-0.3, -0.25) is 0 Å². The lowest BCUT2D eigenvalue weighted by atomic mass is 10.2. The summed E-state index contributed by atoms with van der Waals surface area (Å²) in [6.45, 7) is 12.3. The number of hydrogen-bond acceptors (Lipinski definition) is 0. The molecular formula is C20H30F2. The Labute approximate surface area is 135 Å². The molecule has 2 rings (SSSR count). The smallest absolute Gasteiger partial charge is 0.123 e. The zero-order valence-corrected chi connectivity index (χ0v) is 14.8. The van der Waals surface area contributed by atoms with Crippen LogP contribution >= 0.6 is 0 Å². The second-order valence-corrected chi connectivity index (χ2v) is 5.01. The summed E-state index contributed by atoms with van der Waals surface area (Å²) in [6, 6.07) is 12.9. The lowest BCUT2D eigenvalue weighted by Crippen LogP contribution is -1.72. The van der Waals surface area contributed by atoms with Gasteiger partial charge in [0.05, 0.1) is 0 Å². The van der Waals surface area contributed by atoms with E-state index >= 15 is 0 Å². The van der Waals surface area contributed by atoms with Gasteiger partial charge in [-0.1, -0.05) is 70.4 Å². The Bertz CT molecular complexity index is 421. The van der Waals surface area contributed by atoms with Crippen molar-refractivity contribution in [1.29, 1.82) is 0 Å². The van der Waals surface area contributed by atoms with E-state index in [2.05, 4.69) is 27.7 Å². The van der Waals surface area contributed by atoms with Gasteiger partial charge >= 0.3 is 0 Å². The molecule has 0 unspecified atom stereocenters. The molecule has 0 N–H and O–H groups in total. The maximum atomic E-state index is 12.2. The number of benzene rings is 2. The Kier molecular flexibility index (Phi) is 16.1. The van der Waals surface area contributed by atoms with Crippen molar-refractivity contribution in [2.45, 2.75) is 54.4 Å². The molecule has 2 aromatic rings. The van der Waals surface area contributed by atoms with E-state index in [0.29, 0.717) is 0 Å². The fourth-order valence-corrected chi connectivity index (χ4v) is 1.14. The van der Waals surface area contributed by atoms with Crippen LogP contribution in [0.3, 0.4) is 0 Å². The molecule has 0 radical (unpaired) electrons. The lowest BCUT2D eigenvalue weighted by Gasteiger charge is -1.87. The Hall–Kier alpha value is -1.70. The molecular weight excluding hydrogens is 278 g/mol. The minimum absolute atomic E-state index is 0.162. The van der Waals surface area contributed by atoms with Gasteiger partial charge in [-0.2, -0.15) is 0 Å². The molecule has 0 saturated heterocycles. The van der Waals surface area contributed by atoms with E-state index < -0.39 is 0 Å². The summed E-state index contributed by atoms with van der Waals surface area (Å²) in [4.78, 5) is 0. The molecule has 0 aromatic heterocycles. The van der Waals surface area contributed by atoms with Crippen LogP contribution in [0.2, 0.25) is 0 Å². The first-order valence-electron chi connectivity index (χ1n) is 7.85. The molecule has 0 saturated carbocycles. The van der Waals surface area contributed by atoms with Crippen molar-refractivity contribution >= 4 is 0 Å². The Balaban J connectivity index is 0. The van der Waals surface area contributed by atoms with Gasteiger partial charge in [-0.05, 0) is 43.7 Å². The van der Waals surface area contributed by atoms with Crippen LogP contribution in [0.1, 0.15) is 51.7 Å². The fourth-order valence-electron chi connectivity index (χ4n) is 1.14. The van der Waals surface area contributed by atoms with E-state index in [1.807, 2.05) is 19.9 Å². The quantitative estimate of drug-likeness (QED) is 0.487. The third kappa shape index (κ3) is 16.4. The van der Waals surface area contributed by atoms with Gasteiger partial charge in [0.1, 0.15) is 11.6 Å².